The number of hydrogen-bond donors (Lipinski definition) is 1. The molecule has 2 heterocycles. The molecule has 0 aromatic heterocycles. The smallest absolute Gasteiger partial charge is 0.414 e. The lowest BCUT2D eigenvalue weighted by molar-refractivity contribution is -0.119. The Morgan fingerprint density at radius 3 is 2.76 bits per heavy atom. The van der Waals surface area contributed by atoms with Crippen LogP contribution in [-0.4, -0.2) is 50.5 Å². The van der Waals surface area contributed by atoms with Crippen LogP contribution in [0.3, 0.4) is 0 Å². The van der Waals surface area contributed by atoms with Crippen LogP contribution in [0.5, 0.6) is 0 Å². The van der Waals surface area contributed by atoms with Crippen LogP contribution in [0.2, 0.25) is 0 Å². The Balaban J connectivity index is 1.71. The van der Waals surface area contributed by atoms with Crippen LogP contribution in [0.25, 0.3) is 4.85 Å². The zero-order chi connectivity index (χ0) is 21.1. The molecule has 2 amide bonds. The number of cyclic esters (lactones) is 1. The fourth-order valence-electron chi connectivity index (χ4n) is 3.52. The minimum Gasteiger partial charge on any atom is -0.442 e. The summed E-state index contributed by atoms with van der Waals surface area (Å²) in [6.45, 7) is 10.7. The third kappa shape index (κ3) is 4.47. The number of rotatable bonds is 4. The highest BCUT2D eigenvalue weighted by atomic mass is 19.1. The molecule has 2 atom stereocenters. The number of amides is 2. The molecule has 0 saturated carbocycles. The summed E-state index contributed by atoms with van der Waals surface area (Å²) < 4.78 is 34.4. The van der Waals surface area contributed by atoms with Gasteiger partial charge in [0.15, 0.2) is 5.70 Å². The van der Waals surface area contributed by atoms with E-state index in [1.165, 1.54) is 24.0 Å². The third-order valence-electron chi connectivity index (χ3n) is 5.08. The van der Waals surface area contributed by atoms with Crippen molar-refractivity contribution in [1.29, 1.82) is 0 Å². The number of alkyl halides is 1. The molecule has 2 aliphatic rings. The molecule has 1 aromatic carbocycles. The van der Waals surface area contributed by atoms with Gasteiger partial charge in [-0.2, -0.15) is 0 Å². The van der Waals surface area contributed by atoms with Crippen molar-refractivity contribution in [3.8, 4) is 0 Å². The van der Waals surface area contributed by atoms with Crippen molar-refractivity contribution in [2.24, 2.45) is 0 Å². The van der Waals surface area contributed by atoms with Crippen molar-refractivity contribution in [2.45, 2.75) is 32.5 Å². The lowest BCUT2D eigenvalue weighted by atomic mass is 9.99. The van der Waals surface area contributed by atoms with Crippen LogP contribution >= 0.6 is 0 Å². The van der Waals surface area contributed by atoms with Crippen LogP contribution in [0.15, 0.2) is 29.5 Å². The number of carbonyl (C=O) groups is 2. The number of piperidine rings is 1. The SMILES string of the molecule is [C-]#[N+]C(C)=C1CCN(c2ccc(N3C[C@H](CNC(C)=O)OC3=O)cc2F)CC1F. The zero-order valence-electron chi connectivity index (χ0n) is 16.2. The lowest BCUT2D eigenvalue weighted by Gasteiger charge is -2.33. The number of nitrogens with zero attached hydrogens (tertiary/aromatic N) is 3. The Hall–Kier alpha value is -3.15. The van der Waals surface area contributed by atoms with E-state index in [0.717, 1.165) is 0 Å². The molecule has 0 spiro atoms. The molecule has 1 aromatic rings. The number of benzene rings is 1. The van der Waals surface area contributed by atoms with Crippen LogP contribution < -0.4 is 15.1 Å². The van der Waals surface area contributed by atoms with Gasteiger partial charge in [0, 0.05) is 13.5 Å². The van der Waals surface area contributed by atoms with Crippen LogP contribution in [0, 0.1) is 12.4 Å². The fourth-order valence-corrected chi connectivity index (χ4v) is 3.52. The van der Waals surface area contributed by atoms with Gasteiger partial charge in [-0.3, -0.25) is 9.69 Å². The molecule has 9 heteroatoms. The molecule has 0 radical (unpaired) electrons. The summed E-state index contributed by atoms with van der Waals surface area (Å²) in [5.74, 6) is -0.797. The maximum absolute atomic E-state index is 14.8. The monoisotopic (exact) mass is 404 g/mol. The highest BCUT2D eigenvalue weighted by molar-refractivity contribution is 5.90. The lowest BCUT2D eigenvalue weighted by Crippen LogP contribution is -2.38. The molecule has 29 heavy (non-hydrogen) atoms. The molecule has 0 bridgehead atoms. The first-order chi connectivity index (χ1) is 13.8. The molecule has 1 unspecified atom stereocenters. The van der Waals surface area contributed by atoms with Gasteiger partial charge in [0.25, 0.3) is 0 Å². The van der Waals surface area contributed by atoms with Gasteiger partial charge in [-0.05, 0) is 37.1 Å². The standard InChI is InChI=1S/C20H22F2N4O3/c1-12(23-3)16-6-7-25(11-18(16)22)19-5-4-14(8-17(19)21)26-10-15(29-20(26)28)9-24-13(2)27/h4-5,8,15,18H,6-7,9-11H2,1-2H3,(H,24,27)/t15-,18?/m0/s1. The van der Waals surface area contributed by atoms with Gasteiger partial charge in [-0.15, -0.1) is 0 Å². The van der Waals surface area contributed by atoms with Gasteiger partial charge >= 0.3 is 6.09 Å². The number of halogens is 2. The molecule has 0 aliphatic carbocycles. The quantitative estimate of drug-likeness (QED) is 0.784. The Labute approximate surface area is 167 Å². The summed E-state index contributed by atoms with van der Waals surface area (Å²) >= 11 is 0. The molecule has 2 fully saturated rings. The van der Waals surface area contributed by atoms with Crippen molar-refractivity contribution < 1.29 is 23.1 Å². The number of carbonyl (C=O) groups excluding carboxylic acids is 2. The van der Waals surface area contributed by atoms with Crippen LogP contribution in [0.4, 0.5) is 25.0 Å². The van der Waals surface area contributed by atoms with Crippen molar-refractivity contribution in [2.75, 3.05) is 36.0 Å². The van der Waals surface area contributed by atoms with Gasteiger partial charge in [0.1, 0.15) is 18.1 Å². The van der Waals surface area contributed by atoms with E-state index in [0.29, 0.717) is 29.9 Å². The maximum Gasteiger partial charge on any atom is 0.414 e. The summed E-state index contributed by atoms with van der Waals surface area (Å²) in [5, 5.41) is 2.58. The Morgan fingerprint density at radius 2 is 2.14 bits per heavy atom. The molecule has 3 rings (SSSR count). The van der Waals surface area contributed by atoms with Gasteiger partial charge < -0.3 is 15.0 Å². The second-order valence-corrected chi connectivity index (χ2v) is 7.08. The van der Waals surface area contributed by atoms with Gasteiger partial charge in [0.2, 0.25) is 5.91 Å². The molecule has 154 valence electrons. The molecule has 7 nitrogen and oxygen atoms in total. The van der Waals surface area contributed by atoms with Crippen molar-refractivity contribution >= 4 is 23.4 Å². The average Bonchev–Trinajstić information content (AvgIpc) is 3.06. The average molecular weight is 404 g/mol. The predicted octanol–water partition coefficient (Wildman–Crippen LogP) is 3.03. The van der Waals surface area contributed by atoms with E-state index in [2.05, 4.69) is 10.2 Å². The minimum absolute atomic E-state index is 0.0248. The number of allylic oxidation sites excluding steroid dienone is 1. The first-order valence-corrected chi connectivity index (χ1v) is 9.28. The highest BCUT2D eigenvalue weighted by Gasteiger charge is 2.33. The Kier molecular flexibility index (Phi) is 6.01. The van der Waals surface area contributed by atoms with Crippen LogP contribution in [-0.2, 0) is 9.53 Å². The minimum atomic E-state index is -1.32. The predicted molar refractivity (Wildman–Crippen MR) is 104 cm³/mol. The largest absolute Gasteiger partial charge is 0.442 e. The molecular formula is C20H22F2N4O3. The number of anilines is 2. The van der Waals surface area contributed by atoms with E-state index >= 15 is 0 Å². The van der Waals surface area contributed by atoms with Gasteiger partial charge in [-0.1, -0.05) is 0 Å². The van der Waals surface area contributed by atoms with Crippen molar-refractivity contribution in [3.63, 3.8) is 0 Å². The van der Waals surface area contributed by atoms with E-state index in [-0.39, 0.29) is 31.2 Å². The fraction of sp³-hybridized carbons (Fsp3) is 0.450. The summed E-state index contributed by atoms with van der Waals surface area (Å²) in [7, 11) is 0. The van der Waals surface area contributed by atoms with Gasteiger partial charge in [-0.25, -0.2) is 18.4 Å². The first kappa shape index (κ1) is 20.6. The normalized spacial score (nSPS) is 23.5. The molecule has 2 aliphatic heterocycles. The summed E-state index contributed by atoms with van der Waals surface area (Å²) in [6.07, 6.45) is -2.09. The number of nitrogens with one attached hydrogen (secondary N) is 1. The summed E-state index contributed by atoms with van der Waals surface area (Å²) in [5.41, 5.74) is 1.41. The summed E-state index contributed by atoms with van der Waals surface area (Å²) in [4.78, 5) is 29.3. The zero-order valence-corrected chi connectivity index (χ0v) is 16.2. The van der Waals surface area contributed by atoms with E-state index in [9.17, 15) is 18.4 Å². The molecule has 1 N–H and O–H groups in total. The van der Waals surface area contributed by atoms with E-state index in [4.69, 9.17) is 11.3 Å². The van der Waals surface area contributed by atoms with E-state index in [1.54, 1.807) is 17.9 Å². The second-order valence-electron chi connectivity index (χ2n) is 7.08. The van der Waals surface area contributed by atoms with Crippen molar-refractivity contribution in [1.82, 2.24) is 5.32 Å². The number of hydrogen-bond acceptors (Lipinski definition) is 4. The summed E-state index contributed by atoms with van der Waals surface area (Å²) in [6, 6.07) is 4.33. The highest BCUT2D eigenvalue weighted by Crippen LogP contribution is 2.32. The van der Waals surface area contributed by atoms with E-state index < -0.39 is 24.2 Å². The molecular weight excluding hydrogens is 382 g/mol. The third-order valence-corrected chi connectivity index (χ3v) is 5.08. The first-order valence-electron chi connectivity index (χ1n) is 9.28. The van der Waals surface area contributed by atoms with Gasteiger partial charge in [0.05, 0.1) is 37.6 Å². The second kappa shape index (κ2) is 8.47. The maximum atomic E-state index is 14.8. The molecule has 2 saturated heterocycles. The Morgan fingerprint density at radius 1 is 1.38 bits per heavy atom. The topological polar surface area (TPSA) is 66.2 Å². The number of ether oxygens (including phenoxy) is 1. The van der Waals surface area contributed by atoms with E-state index in [1.807, 2.05) is 0 Å². The van der Waals surface area contributed by atoms with Crippen molar-refractivity contribution in [3.05, 3.63) is 46.7 Å². The Bertz CT molecular complexity index is 896. The van der Waals surface area contributed by atoms with Crippen LogP contribution in [0.1, 0.15) is 20.3 Å².